The van der Waals surface area contributed by atoms with E-state index in [9.17, 15) is 0 Å². The van der Waals surface area contributed by atoms with E-state index in [4.69, 9.17) is 5.73 Å². The Balaban J connectivity index is 2.06. The number of para-hydroxylation sites is 2. The van der Waals surface area contributed by atoms with E-state index < -0.39 is 0 Å². The zero-order chi connectivity index (χ0) is 13.2. The van der Waals surface area contributed by atoms with E-state index >= 15 is 0 Å². The van der Waals surface area contributed by atoms with Crippen LogP contribution >= 0.6 is 0 Å². The van der Waals surface area contributed by atoms with Gasteiger partial charge in [0.15, 0.2) is 0 Å². The van der Waals surface area contributed by atoms with Crippen LogP contribution < -0.4 is 5.73 Å². The van der Waals surface area contributed by atoms with Gasteiger partial charge < -0.3 is 5.73 Å². The maximum absolute atomic E-state index is 5.86. The zero-order valence-electron chi connectivity index (χ0n) is 11.0. The Morgan fingerprint density at radius 2 is 2.00 bits per heavy atom. The molecule has 0 radical (unpaired) electrons. The molecule has 0 fully saturated rings. The first-order valence-electron chi connectivity index (χ1n) is 6.51. The van der Waals surface area contributed by atoms with Crippen molar-refractivity contribution < 1.29 is 0 Å². The lowest BCUT2D eigenvalue weighted by molar-refractivity contribution is 0.737. The molecule has 0 aliphatic heterocycles. The third kappa shape index (κ3) is 2.37. The maximum atomic E-state index is 5.86. The van der Waals surface area contributed by atoms with E-state index in [1.165, 1.54) is 5.56 Å². The molecule has 0 aliphatic rings. The topological polar surface area (TPSA) is 43.8 Å². The summed E-state index contributed by atoms with van der Waals surface area (Å²) in [4.78, 5) is 4.42. The molecule has 2 aromatic carbocycles. The summed E-state index contributed by atoms with van der Waals surface area (Å²) in [6.45, 7) is 2.03. The van der Waals surface area contributed by atoms with Crippen LogP contribution in [0, 0.1) is 0 Å². The largest absolute Gasteiger partial charge is 0.328 e. The van der Waals surface area contributed by atoms with Gasteiger partial charge in [-0.25, -0.2) is 4.98 Å². The van der Waals surface area contributed by atoms with Crippen LogP contribution in [0.15, 0.2) is 54.9 Å². The van der Waals surface area contributed by atoms with Gasteiger partial charge in [0.05, 0.1) is 11.0 Å². The lowest BCUT2D eigenvalue weighted by atomic mass is 10.1. The molecule has 0 bridgehead atoms. The van der Waals surface area contributed by atoms with E-state index in [2.05, 4.69) is 39.9 Å². The minimum atomic E-state index is 0.176. The number of hydrogen-bond donors (Lipinski definition) is 1. The molecule has 1 atom stereocenters. The predicted octanol–water partition coefficient (Wildman–Crippen LogP) is 2.92. The molecule has 2 N–H and O–H groups in total. The number of rotatable bonds is 3. The average Bonchev–Trinajstić information content (AvgIpc) is 2.82. The highest BCUT2D eigenvalue weighted by atomic mass is 15.0. The van der Waals surface area contributed by atoms with E-state index in [0.29, 0.717) is 0 Å². The Bertz CT molecular complexity index is 698. The van der Waals surface area contributed by atoms with E-state index in [1.807, 2.05) is 31.5 Å². The second-order valence-electron chi connectivity index (χ2n) is 4.95. The third-order valence-electron chi connectivity index (χ3n) is 3.20. The summed E-state index contributed by atoms with van der Waals surface area (Å²) in [5, 5.41) is 0. The van der Waals surface area contributed by atoms with Crippen LogP contribution in [-0.2, 0) is 6.42 Å². The molecule has 1 unspecified atom stereocenters. The van der Waals surface area contributed by atoms with Gasteiger partial charge in [-0.1, -0.05) is 24.3 Å². The van der Waals surface area contributed by atoms with Crippen molar-refractivity contribution in [1.82, 2.24) is 9.55 Å². The summed E-state index contributed by atoms with van der Waals surface area (Å²) in [6.07, 6.45) is 2.76. The molecule has 0 amide bonds. The van der Waals surface area contributed by atoms with E-state index in [-0.39, 0.29) is 6.04 Å². The van der Waals surface area contributed by atoms with Gasteiger partial charge in [-0.3, -0.25) is 4.57 Å². The van der Waals surface area contributed by atoms with Crippen molar-refractivity contribution in [3.63, 3.8) is 0 Å². The normalized spacial score (nSPS) is 12.7. The number of nitrogens with zero attached hydrogens (tertiary/aromatic N) is 2. The van der Waals surface area contributed by atoms with Crippen molar-refractivity contribution in [1.29, 1.82) is 0 Å². The van der Waals surface area contributed by atoms with Gasteiger partial charge in [0, 0.05) is 11.7 Å². The second kappa shape index (κ2) is 4.86. The highest BCUT2D eigenvalue weighted by molar-refractivity contribution is 5.77. The Kier molecular flexibility index (Phi) is 3.05. The Morgan fingerprint density at radius 3 is 2.84 bits per heavy atom. The summed E-state index contributed by atoms with van der Waals surface area (Å²) in [6, 6.07) is 16.8. The highest BCUT2D eigenvalue weighted by Crippen LogP contribution is 2.19. The monoisotopic (exact) mass is 251 g/mol. The lowest BCUT2D eigenvalue weighted by Crippen LogP contribution is -2.17. The SMILES string of the molecule is CC(N)Cc1cccc(-n2cnc3ccccc32)c1. The number of fused-ring (bicyclic) bond motifs is 1. The van der Waals surface area contributed by atoms with Gasteiger partial charge in [0.25, 0.3) is 0 Å². The average molecular weight is 251 g/mol. The predicted molar refractivity (Wildman–Crippen MR) is 78.4 cm³/mol. The highest BCUT2D eigenvalue weighted by Gasteiger charge is 2.05. The van der Waals surface area contributed by atoms with E-state index in [1.54, 1.807) is 0 Å². The number of hydrogen-bond acceptors (Lipinski definition) is 2. The molecule has 0 spiro atoms. The molecule has 19 heavy (non-hydrogen) atoms. The number of nitrogens with two attached hydrogens (primary N) is 1. The van der Waals surface area contributed by atoms with Crippen molar-refractivity contribution in [3.05, 3.63) is 60.4 Å². The Labute approximate surface area is 112 Å². The van der Waals surface area contributed by atoms with Gasteiger partial charge in [0.2, 0.25) is 0 Å². The van der Waals surface area contributed by atoms with Crippen LogP contribution in [0.5, 0.6) is 0 Å². The van der Waals surface area contributed by atoms with E-state index in [0.717, 1.165) is 23.1 Å². The lowest BCUT2D eigenvalue weighted by Gasteiger charge is -2.09. The zero-order valence-corrected chi connectivity index (χ0v) is 11.0. The molecule has 3 nitrogen and oxygen atoms in total. The molecule has 1 heterocycles. The molecule has 3 rings (SSSR count). The summed E-state index contributed by atoms with van der Waals surface area (Å²) in [5.41, 5.74) is 10.4. The first-order chi connectivity index (χ1) is 9.24. The van der Waals surface area contributed by atoms with Crippen LogP contribution in [0.25, 0.3) is 16.7 Å². The third-order valence-corrected chi connectivity index (χ3v) is 3.20. The summed E-state index contributed by atoms with van der Waals surface area (Å²) < 4.78 is 2.11. The second-order valence-corrected chi connectivity index (χ2v) is 4.95. The summed E-state index contributed by atoms with van der Waals surface area (Å²) in [7, 11) is 0. The molecule has 3 aromatic rings. The van der Waals surface area contributed by atoms with Gasteiger partial charge in [0.1, 0.15) is 6.33 Å². The maximum Gasteiger partial charge on any atom is 0.100 e. The Hall–Kier alpha value is -2.13. The van der Waals surface area contributed by atoms with Crippen LogP contribution in [0.2, 0.25) is 0 Å². The molecular weight excluding hydrogens is 234 g/mol. The molecule has 0 saturated carbocycles. The summed E-state index contributed by atoms with van der Waals surface area (Å²) in [5.74, 6) is 0. The minimum Gasteiger partial charge on any atom is -0.328 e. The van der Waals surface area contributed by atoms with Gasteiger partial charge in [-0.15, -0.1) is 0 Å². The number of benzene rings is 2. The van der Waals surface area contributed by atoms with Gasteiger partial charge in [-0.05, 0) is 43.2 Å². The van der Waals surface area contributed by atoms with Gasteiger partial charge in [-0.2, -0.15) is 0 Å². The van der Waals surface area contributed by atoms with Crippen LogP contribution in [0.3, 0.4) is 0 Å². The molecule has 0 aliphatic carbocycles. The Morgan fingerprint density at radius 1 is 1.16 bits per heavy atom. The minimum absolute atomic E-state index is 0.176. The molecule has 0 saturated heterocycles. The standard InChI is InChI=1S/C16H17N3/c1-12(17)9-13-5-4-6-14(10-13)19-11-18-15-7-2-3-8-16(15)19/h2-8,10-12H,9,17H2,1H3. The van der Waals surface area contributed by atoms with Gasteiger partial charge >= 0.3 is 0 Å². The molecule has 1 aromatic heterocycles. The smallest absolute Gasteiger partial charge is 0.100 e. The summed E-state index contributed by atoms with van der Waals surface area (Å²) >= 11 is 0. The van der Waals surface area contributed by atoms with Crippen LogP contribution in [0.1, 0.15) is 12.5 Å². The van der Waals surface area contributed by atoms with Crippen LogP contribution in [0.4, 0.5) is 0 Å². The van der Waals surface area contributed by atoms with Crippen molar-refractivity contribution in [2.24, 2.45) is 5.73 Å². The van der Waals surface area contributed by atoms with Crippen molar-refractivity contribution in [2.45, 2.75) is 19.4 Å². The number of aromatic nitrogens is 2. The molecular formula is C16H17N3. The fraction of sp³-hybridized carbons (Fsp3) is 0.188. The first-order valence-corrected chi connectivity index (χ1v) is 6.51. The molecule has 96 valence electrons. The fourth-order valence-electron chi connectivity index (χ4n) is 2.37. The fourth-order valence-corrected chi connectivity index (χ4v) is 2.37. The van der Waals surface area contributed by atoms with Crippen molar-refractivity contribution in [2.75, 3.05) is 0 Å². The van der Waals surface area contributed by atoms with Crippen molar-refractivity contribution >= 4 is 11.0 Å². The first kappa shape index (κ1) is 11.9. The quantitative estimate of drug-likeness (QED) is 0.777. The number of imidazole rings is 1. The van der Waals surface area contributed by atoms with Crippen LogP contribution in [-0.4, -0.2) is 15.6 Å². The molecule has 3 heteroatoms. The van der Waals surface area contributed by atoms with Crippen molar-refractivity contribution in [3.8, 4) is 5.69 Å².